The number of benzene rings is 1. The number of rotatable bonds is 20. The van der Waals surface area contributed by atoms with Gasteiger partial charge in [0.1, 0.15) is 0 Å². The number of aryl methyl sites for hydroxylation is 1. The number of quaternary nitrogens is 1. The Morgan fingerprint density at radius 2 is 0.793 bits per heavy atom. The smallest absolute Gasteiger partial charge is 0.0780 e. The Kier molecular flexibility index (Phi) is 16.3. The molecule has 0 aliphatic heterocycles. The van der Waals surface area contributed by atoms with Gasteiger partial charge in [-0.3, -0.25) is 0 Å². The summed E-state index contributed by atoms with van der Waals surface area (Å²) in [6.45, 7) is 1.33. The van der Waals surface area contributed by atoms with Crippen molar-refractivity contribution in [3.63, 3.8) is 0 Å². The molecule has 0 unspecified atom stereocenters. The van der Waals surface area contributed by atoms with E-state index in [1.165, 1.54) is 128 Å². The average molecular weight is 403 g/mol. The van der Waals surface area contributed by atoms with Gasteiger partial charge in [-0.05, 0) is 31.2 Å². The Labute approximate surface area is 183 Å². The summed E-state index contributed by atoms with van der Waals surface area (Å²) < 4.78 is 1.12. The first-order valence-corrected chi connectivity index (χ1v) is 12.9. The lowest BCUT2D eigenvalue weighted by atomic mass is 10.0. The van der Waals surface area contributed by atoms with Crippen LogP contribution in [0.15, 0.2) is 30.3 Å². The molecule has 0 N–H and O–H groups in total. The molecule has 0 aliphatic rings. The van der Waals surface area contributed by atoms with Crippen molar-refractivity contribution in [3.8, 4) is 0 Å². The average Bonchev–Trinajstić information content (AvgIpc) is 2.69. The summed E-state index contributed by atoms with van der Waals surface area (Å²) >= 11 is 0. The lowest BCUT2D eigenvalue weighted by Gasteiger charge is -2.23. The molecule has 0 radical (unpaired) electrons. The molecule has 0 saturated carbocycles. The van der Waals surface area contributed by atoms with Gasteiger partial charge in [0.2, 0.25) is 0 Å². The Morgan fingerprint density at radius 3 is 1.17 bits per heavy atom. The summed E-state index contributed by atoms with van der Waals surface area (Å²) in [7, 11) is 6.90. The Hall–Kier alpha value is -0.820. The van der Waals surface area contributed by atoms with Crippen molar-refractivity contribution in [2.75, 3.05) is 27.7 Å². The van der Waals surface area contributed by atoms with Crippen LogP contribution in [-0.4, -0.2) is 32.2 Å². The second kappa shape index (κ2) is 18.0. The fourth-order valence-electron chi connectivity index (χ4n) is 4.21. The molecule has 0 spiro atoms. The lowest BCUT2D eigenvalue weighted by Crippen LogP contribution is -2.35. The van der Waals surface area contributed by atoms with Crippen LogP contribution in [0.25, 0.3) is 0 Å². The Balaban J connectivity index is 1.69. The summed E-state index contributed by atoms with van der Waals surface area (Å²) in [6.07, 6.45) is 25.9. The highest BCUT2D eigenvalue weighted by Gasteiger charge is 2.05. The van der Waals surface area contributed by atoms with E-state index in [1.807, 2.05) is 0 Å². The van der Waals surface area contributed by atoms with E-state index < -0.39 is 0 Å². The molecule has 0 saturated heterocycles. The van der Waals surface area contributed by atoms with Crippen LogP contribution in [0.2, 0.25) is 0 Å². The SMILES string of the molecule is C[N+](C)(C)CCCCCCCCCCCCCCCCCCCc1ccccc1. The zero-order chi connectivity index (χ0) is 21.0. The quantitative estimate of drug-likeness (QED) is 0.151. The van der Waals surface area contributed by atoms with Crippen LogP contribution in [0.5, 0.6) is 0 Å². The number of hydrogen-bond donors (Lipinski definition) is 0. The van der Waals surface area contributed by atoms with Crippen LogP contribution in [-0.2, 0) is 6.42 Å². The molecule has 0 bridgehead atoms. The van der Waals surface area contributed by atoms with Gasteiger partial charge in [-0.1, -0.05) is 120 Å². The molecule has 0 atom stereocenters. The van der Waals surface area contributed by atoms with E-state index >= 15 is 0 Å². The van der Waals surface area contributed by atoms with E-state index in [-0.39, 0.29) is 0 Å². The number of unbranched alkanes of at least 4 members (excludes halogenated alkanes) is 16. The fourth-order valence-corrected chi connectivity index (χ4v) is 4.21. The second-order valence-corrected chi connectivity index (χ2v) is 10.3. The van der Waals surface area contributed by atoms with Crippen LogP contribution in [0.3, 0.4) is 0 Å². The van der Waals surface area contributed by atoms with Gasteiger partial charge in [-0.2, -0.15) is 0 Å². The zero-order valence-corrected chi connectivity index (χ0v) is 20.3. The minimum absolute atomic E-state index is 1.12. The van der Waals surface area contributed by atoms with Crippen LogP contribution in [0.4, 0.5) is 0 Å². The molecule has 0 heterocycles. The first-order valence-electron chi connectivity index (χ1n) is 12.9. The van der Waals surface area contributed by atoms with Gasteiger partial charge < -0.3 is 4.48 Å². The third kappa shape index (κ3) is 18.9. The monoisotopic (exact) mass is 402 g/mol. The predicted octanol–water partition coefficient (Wildman–Crippen LogP) is 8.57. The summed E-state index contributed by atoms with van der Waals surface area (Å²) in [4.78, 5) is 0. The standard InChI is InChI=1S/C28H52N/c1-29(2,3)27-23-18-16-14-12-10-8-6-4-5-7-9-11-13-15-17-20-24-28-25-21-19-22-26-28/h19,21-22,25-26H,4-18,20,23-24,27H2,1-3H3/q+1. The van der Waals surface area contributed by atoms with Crippen LogP contribution in [0.1, 0.15) is 115 Å². The Bertz CT molecular complexity index is 445. The third-order valence-electron chi connectivity index (χ3n) is 6.14. The molecule has 1 rings (SSSR count). The van der Waals surface area contributed by atoms with Crippen molar-refractivity contribution in [2.45, 2.75) is 116 Å². The van der Waals surface area contributed by atoms with Crippen molar-refractivity contribution in [3.05, 3.63) is 35.9 Å². The maximum absolute atomic E-state index is 2.30. The van der Waals surface area contributed by atoms with Gasteiger partial charge in [0.25, 0.3) is 0 Å². The van der Waals surface area contributed by atoms with E-state index in [2.05, 4.69) is 51.5 Å². The molecule has 1 aromatic carbocycles. The number of hydrogen-bond acceptors (Lipinski definition) is 0. The maximum Gasteiger partial charge on any atom is 0.0780 e. The van der Waals surface area contributed by atoms with Gasteiger partial charge in [0.15, 0.2) is 0 Å². The zero-order valence-electron chi connectivity index (χ0n) is 20.3. The summed E-state index contributed by atoms with van der Waals surface area (Å²) in [5.74, 6) is 0. The predicted molar refractivity (Wildman–Crippen MR) is 132 cm³/mol. The first-order chi connectivity index (χ1) is 14.1. The van der Waals surface area contributed by atoms with E-state index in [4.69, 9.17) is 0 Å². The van der Waals surface area contributed by atoms with Crippen LogP contribution < -0.4 is 0 Å². The highest BCUT2D eigenvalue weighted by atomic mass is 15.3. The highest BCUT2D eigenvalue weighted by Crippen LogP contribution is 2.15. The van der Waals surface area contributed by atoms with Crippen molar-refractivity contribution in [1.29, 1.82) is 0 Å². The Morgan fingerprint density at radius 1 is 0.448 bits per heavy atom. The van der Waals surface area contributed by atoms with Crippen molar-refractivity contribution >= 4 is 0 Å². The van der Waals surface area contributed by atoms with E-state index in [1.54, 1.807) is 0 Å². The molecule has 168 valence electrons. The highest BCUT2D eigenvalue weighted by molar-refractivity contribution is 5.14. The van der Waals surface area contributed by atoms with Crippen LogP contribution in [0, 0.1) is 0 Å². The van der Waals surface area contributed by atoms with Crippen molar-refractivity contribution in [2.24, 2.45) is 0 Å². The molecule has 1 heteroatoms. The van der Waals surface area contributed by atoms with Crippen molar-refractivity contribution in [1.82, 2.24) is 0 Å². The van der Waals surface area contributed by atoms with E-state index in [9.17, 15) is 0 Å². The minimum Gasteiger partial charge on any atom is -0.331 e. The molecule has 1 nitrogen and oxygen atoms in total. The van der Waals surface area contributed by atoms with Crippen LogP contribution >= 0.6 is 0 Å². The molecule has 0 fully saturated rings. The molecular formula is C28H52N+. The van der Waals surface area contributed by atoms with Gasteiger partial charge in [0, 0.05) is 0 Å². The van der Waals surface area contributed by atoms with Gasteiger partial charge >= 0.3 is 0 Å². The maximum atomic E-state index is 2.30. The first kappa shape index (κ1) is 26.2. The van der Waals surface area contributed by atoms with E-state index in [0.717, 1.165) is 4.48 Å². The summed E-state index contributed by atoms with van der Waals surface area (Å²) in [6, 6.07) is 10.9. The molecular weight excluding hydrogens is 350 g/mol. The van der Waals surface area contributed by atoms with Gasteiger partial charge in [-0.15, -0.1) is 0 Å². The fraction of sp³-hybridized carbons (Fsp3) is 0.786. The van der Waals surface area contributed by atoms with Crippen molar-refractivity contribution < 1.29 is 4.48 Å². The largest absolute Gasteiger partial charge is 0.331 e. The molecule has 0 amide bonds. The normalized spacial score (nSPS) is 11.8. The number of nitrogens with zero attached hydrogens (tertiary/aromatic N) is 1. The third-order valence-corrected chi connectivity index (χ3v) is 6.14. The summed E-state index contributed by atoms with van der Waals surface area (Å²) in [5, 5.41) is 0. The lowest BCUT2D eigenvalue weighted by molar-refractivity contribution is -0.870. The van der Waals surface area contributed by atoms with E-state index in [0.29, 0.717) is 0 Å². The topological polar surface area (TPSA) is 0 Å². The summed E-state index contributed by atoms with van der Waals surface area (Å²) in [5.41, 5.74) is 1.50. The molecule has 0 aliphatic carbocycles. The van der Waals surface area contributed by atoms with Gasteiger partial charge in [0.05, 0.1) is 27.7 Å². The molecule has 0 aromatic heterocycles. The molecule has 1 aromatic rings. The molecule has 29 heavy (non-hydrogen) atoms. The minimum atomic E-state index is 1.12. The second-order valence-electron chi connectivity index (χ2n) is 10.3. The van der Waals surface area contributed by atoms with Gasteiger partial charge in [-0.25, -0.2) is 0 Å².